The fourth-order valence-corrected chi connectivity index (χ4v) is 6.00. The minimum atomic E-state index is -2.09. The van der Waals surface area contributed by atoms with Gasteiger partial charge < -0.3 is 19.4 Å². The predicted octanol–water partition coefficient (Wildman–Crippen LogP) is 7.80. The fraction of sp³-hybridized carbons (Fsp3) is 0.0244. The van der Waals surface area contributed by atoms with Gasteiger partial charge in [-0.15, -0.1) is 48.0 Å². The molecule has 0 N–H and O–H groups in total. The molecule has 4 nitrogen and oxygen atoms in total. The van der Waals surface area contributed by atoms with Crippen LogP contribution in [0.1, 0.15) is 9.68 Å². The maximum atomic E-state index is 7.23. The summed E-state index contributed by atoms with van der Waals surface area (Å²) in [5.41, 5.74) is 9.09. The molecule has 0 fully saturated rings. The molecule has 6 heteroatoms. The van der Waals surface area contributed by atoms with Gasteiger partial charge in [0.05, 0.1) is 0 Å². The molecular formula is C41H27BIrN2O2-2. The average molecular weight is 786 g/mol. The minimum Gasteiger partial charge on any atom is -0.503 e. The fourth-order valence-electron chi connectivity index (χ4n) is 6.00. The molecule has 7 aromatic rings. The minimum absolute atomic E-state index is 0. The Morgan fingerprint density at radius 1 is 0.660 bits per heavy atom. The molecule has 0 amide bonds. The second kappa shape index (κ2) is 13.2. The average Bonchev–Trinajstić information content (AvgIpc) is 3.15. The van der Waals surface area contributed by atoms with Crippen molar-refractivity contribution in [1.82, 2.24) is 9.97 Å². The van der Waals surface area contributed by atoms with Crippen LogP contribution in [0.4, 0.5) is 0 Å². The van der Waals surface area contributed by atoms with E-state index in [9.17, 15) is 0 Å². The molecule has 47 heavy (non-hydrogen) atoms. The summed E-state index contributed by atoms with van der Waals surface area (Å²) in [6.45, 7) is -2.05. The van der Waals surface area contributed by atoms with Gasteiger partial charge in [0.15, 0.2) is 0 Å². The van der Waals surface area contributed by atoms with Gasteiger partial charge in [-0.2, -0.15) is 0 Å². The maximum absolute atomic E-state index is 7.23. The molecule has 2 aliphatic rings. The molecule has 5 aromatic carbocycles. The third-order valence-electron chi connectivity index (χ3n) is 8.14. The molecule has 2 aliphatic heterocycles. The predicted molar refractivity (Wildman–Crippen MR) is 185 cm³/mol. The van der Waals surface area contributed by atoms with Crippen molar-refractivity contribution in [2.45, 2.75) is 6.85 Å². The molecule has 0 saturated heterocycles. The van der Waals surface area contributed by atoms with E-state index in [0.717, 1.165) is 73.0 Å². The molecule has 2 aromatic heterocycles. The van der Waals surface area contributed by atoms with Crippen molar-refractivity contribution >= 4 is 23.1 Å². The van der Waals surface area contributed by atoms with Crippen LogP contribution in [-0.4, -0.2) is 16.7 Å². The first kappa shape index (κ1) is 26.9. The van der Waals surface area contributed by atoms with E-state index < -0.39 is 6.85 Å². The van der Waals surface area contributed by atoms with E-state index in [2.05, 4.69) is 59.6 Å². The Kier molecular flexibility index (Phi) is 7.56. The van der Waals surface area contributed by atoms with E-state index >= 15 is 0 Å². The smallest absolute Gasteiger partial charge is 0.239 e. The molecule has 0 aliphatic carbocycles. The SMILES string of the molecule is [2H]C([2H])([2H])c1ccc(-c2[c-]cccc2)nc1.[Ir].[c-]1cc2c3c(c1-c1cc(-c4ccccc4)ccn1)Oc1ccccc1B3c1ccccc1O2. The third-order valence-corrected chi connectivity index (χ3v) is 8.14. The van der Waals surface area contributed by atoms with Gasteiger partial charge in [0.1, 0.15) is 11.5 Å². The van der Waals surface area contributed by atoms with Gasteiger partial charge in [0.2, 0.25) is 6.71 Å². The van der Waals surface area contributed by atoms with Gasteiger partial charge >= 0.3 is 0 Å². The molecule has 0 spiro atoms. The topological polar surface area (TPSA) is 44.2 Å². The summed E-state index contributed by atoms with van der Waals surface area (Å²) in [6, 6.07) is 50.0. The quantitative estimate of drug-likeness (QED) is 0.136. The molecule has 0 atom stereocenters. The van der Waals surface area contributed by atoms with Gasteiger partial charge in [-0.25, -0.2) is 0 Å². The summed E-state index contributed by atoms with van der Waals surface area (Å²) in [6.07, 6.45) is 3.24. The normalized spacial score (nSPS) is 12.9. The molecule has 0 unspecified atom stereocenters. The Bertz CT molecular complexity index is 2270. The monoisotopic (exact) mass is 786 g/mol. The molecule has 0 bridgehead atoms. The second-order valence-corrected chi connectivity index (χ2v) is 11.0. The number of benzene rings is 5. The summed E-state index contributed by atoms with van der Waals surface area (Å²) >= 11 is 0. The van der Waals surface area contributed by atoms with Crippen molar-refractivity contribution < 1.29 is 33.7 Å². The first-order chi connectivity index (χ1) is 23.9. The van der Waals surface area contributed by atoms with Gasteiger partial charge in [-0.1, -0.05) is 96.0 Å². The van der Waals surface area contributed by atoms with E-state index in [0.29, 0.717) is 0 Å². The van der Waals surface area contributed by atoms with Gasteiger partial charge in [0.25, 0.3) is 0 Å². The van der Waals surface area contributed by atoms with Gasteiger partial charge in [-0.3, -0.25) is 0 Å². The Labute approximate surface area is 292 Å². The molecule has 1 radical (unpaired) electrons. The second-order valence-electron chi connectivity index (χ2n) is 11.0. The van der Waals surface area contributed by atoms with Crippen LogP contribution in [0.25, 0.3) is 33.6 Å². The standard InChI is InChI=1S/C29H17BNO2.C12H10N.Ir/c1-2-8-19(9-3-1)20-16-17-31-24(18-20)21-14-15-27-28-29(21)33-26-13-7-5-11-23(26)30(28)22-10-4-6-12-25(22)32-27;1-10-7-8-12(13-9-10)11-5-3-2-4-6-11;/h1-13,15-18H;2-5,7-9H,1H3;/q2*-1;/i;1D3;. The number of aryl methyl sites for hydroxylation is 1. The number of ether oxygens (including phenoxy) is 2. The summed E-state index contributed by atoms with van der Waals surface area (Å²) in [4.78, 5) is 8.81. The molecular weight excluding hydrogens is 755 g/mol. The van der Waals surface area contributed by atoms with Crippen molar-refractivity contribution in [3.8, 4) is 56.6 Å². The molecule has 0 saturated carbocycles. The number of fused-ring (bicyclic) bond motifs is 4. The van der Waals surface area contributed by atoms with Crippen molar-refractivity contribution in [1.29, 1.82) is 0 Å². The molecule has 9 rings (SSSR count). The van der Waals surface area contributed by atoms with Crippen LogP contribution in [0.15, 0.2) is 146 Å². The number of hydrogen-bond acceptors (Lipinski definition) is 4. The van der Waals surface area contributed by atoms with Crippen LogP contribution < -0.4 is 25.9 Å². The number of nitrogens with zero attached hydrogens (tertiary/aromatic N) is 2. The number of aromatic nitrogens is 2. The van der Waals surface area contributed by atoms with E-state index in [1.807, 2.05) is 79.0 Å². The summed E-state index contributed by atoms with van der Waals surface area (Å²) in [5, 5.41) is 0. The van der Waals surface area contributed by atoms with Crippen LogP contribution >= 0.6 is 0 Å². The van der Waals surface area contributed by atoms with Crippen LogP contribution in [0.3, 0.4) is 0 Å². The summed E-state index contributed by atoms with van der Waals surface area (Å²) in [7, 11) is 0. The van der Waals surface area contributed by atoms with Crippen LogP contribution in [-0.2, 0) is 20.1 Å². The number of rotatable bonds is 3. The van der Waals surface area contributed by atoms with E-state index in [-0.39, 0.29) is 32.4 Å². The molecule has 4 heterocycles. The first-order valence-electron chi connectivity index (χ1n) is 16.5. The number of para-hydroxylation sites is 2. The Morgan fingerprint density at radius 3 is 2.13 bits per heavy atom. The zero-order valence-corrected chi connectivity index (χ0v) is 27.4. The first-order valence-corrected chi connectivity index (χ1v) is 15.0. The van der Waals surface area contributed by atoms with Gasteiger partial charge in [0, 0.05) is 48.1 Å². The number of pyridine rings is 2. The van der Waals surface area contributed by atoms with Crippen molar-refractivity contribution in [2.24, 2.45) is 0 Å². The van der Waals surface area contributed by atoms with Crippen molar-refractivity contribution in [2.75, 3.05) is 0 Å². The van der Waals surface area contributed by atoms with Crippen LogP contribution in [0.2, 0.25) is 0 Å². The molecule has 227 valence electrons. The zero-order chi connectivity index (χ0) is 33.4. The van der Waals surface area contributed by atoms with E-state index in [1.165, 1.54) is 6.20 Å². The Morgan fingerprint density at radius 2 is 1.40 bits per heavy atom. The van der Waals surface area contributed by atoms with Gasteiger partial charge in [-0.05, 0) is 64.1 Å². The van der Waals surface area contributed by atoms with E-state index in [4.69, 9.17) is 18.6 Å². The van der Waals surface area contributed by atoms with Crippen molar-refractivity contribution in [3.05, 3.63) is 164 Å². The maximum Gasteiger partial charge on any atom is 0.239 e. The third kappa shape index (κ3) is 5.90. The number of hydrogen-bond donors (Lipinski definition) is 0. The van der Waals surface area contributed by atoms with Crippen LogP contribution in [0.5, 0.6) is 23.0 Å². The summed E-state index contributed by atoms with van der Waals surface area (Å²) < 4.78 is 34.5. The summed E-state index contributed by atoms with van der Waals surface area (Å²) in [5.74, 6) is 3.29. The van der Waals surface area contributed by atoms with Crippen LogP contribution in [0, 0.1) is 19.0 Å². The Balaban J connectivity index is 0.000000196. The zero-order valence-electron chi connectivity index (χ0n) is 28.0. The largest absolute Gasteiger partial charge is 0.503 e. The van der Waals surface area contributed by atoms with Crippen molar-refractivity contribution in [3.63, 3.8) is 0 Å². The Hall–Kier alpha value is -5.29. The van der Waals surface area contributed by atoms with E-state index in [1.54, 1.807) is 18.2 Å².